The predicted octanol–water partition coefficient (Wildman–Crippen LogP) is 1.87. The van der Waals surface area contributed by atoms with Gasteiger partial charge < -0.3 is 10.2 Å². The summed E-state index contributed by atoms with van der Waals surface area (Å²) in [4.78, 5) is 11.3. The number of ketones is 1. The Balaban J connectivity index is 3.27. The average Bonchev–Trinajstić information content (AvgIpc) is 1.99. The quantitative estimate of drug-likeness (QED) is 0.580. The van der Waals surface area contributed by atoms with Gasteiger partial charge in [0.2, 0.25) is 0 Å². The second-order valence-electron chi connectivity index (χ2n) is 3.49. The zero-order chi connectivity index (χ0) is 9.52. The summed E-state index contributed by atoms with van der Waals surface area (Å²) in [7, 11) is 0. The third kappa shape index (κ3) is 1.02. The summed E-state index contributed by atoms with van der Waals surface area (Å²) in [5, 5.41) is 18.7. The summed E-state index contributed by atoms with van der Waals surface area (Å²) < 4.78 is 0. The zero-order valence-electron chi connectivity index (χ0n) is 7.38. The number of hydrogen-bond donors (Lipinski definition) is 2. The second kappa shape index (κ2) is 2.37. The summed E-state index contributed by atoms with van der Waals surface area (Å²) in [5.74, 6) is -0.465. The lowest BCUT2D eigenvalue weighted by Gasteiger charge is -2.26. The first-order chi connectivity index (χ1) is 5.37. The smallest absolute Gasteiger partial charge is 0.172 e. The van der Waals surface area contributed by atoms with Crippen molar-refractivity contribution in [1.82, 2.24) is 0 Å². The highest BCUT2D eigenvalue weighted by molar-refractivity contribution is 5.98. The van der Waals surface area contributed by atoms with Crippen molar-refractivity contribution in [3.8, 4) is 0 Å². The molecule has 0 aromatic carbocycles. The first-order valence-electron chi connectivity index (χ1n) is 3.73. The van der Waals surface area contributed by atoms with Crippen LogP contribution >= 0.6 is 0 Å². The van der Waals surface area contributed by atoms with Crippen LogP contribution in [0.3, 0.4) is 0 Å². The minimum Gasteiger partial charge on any atom is -0.511 e. The van der Waals surface area contributed by atoms with Crippen LogP contribution in [0.25, 0.3) is 0 Å². The summed E-state index contributed by atoms with van der Waals surface area (Å²) in [6, 6.07) is 0. The van der Waals surface area contributed by atoms with Gasteiger partial charge in [-0.05, 0) is 20.8 Å². The van der Waals surface area contributed by atoms with Gasteiger partial charge in [0.25, 0.3) is 0 Å². The van der Waals surface area contributed by atoms with Crippen molar-refractivity contribution in [3.05, 3.63) is 23.2 Å². The topological polar surface area (TPSA) is 57.5 Å². The van der Waals surface area contributed by atoms with E-state index in [1.807, 2.05) is 0 Å². The monoisotopic (exact) mass is 168 g/mol. The van der Waals surface area contributed by atoms with E-state index >= 15 is 0 Å². The van der Waals surface area contributed by atoms with Crippen molar-refractivity contribution in [2.75, 3.05) is 0 Å². The number of allylic oxidation sites excluding steroid dienone is 3. The molecule has 0 unspecified atom stereocenters. The molecule has 1 aliphatic rings. The molecule has 0 fully saturated rings. The van der Waals surface area contributed by atoms with Crippen LogP contribution in [0, 0.1) is 5.41 Å². The van der Waals surface area contributed by atoms with E-state index in [0.717, 1.165) is 6.08 Å². The lowest BCUT2D eigenvalue weighted by Crippen LogP contribution is -2.29. The van der Waals surface area contributed by atoms with E-state index < -0.39 is 5.41 Å². The molecule has 3 heteroatoms. The number of aliphatic hydroxyl groups is 2. The maximum Gasteiger partial charge on any atom is 0.172 e. The van der Waals surface area contributed by atoms with Crippen LogP contribution in [0.2, 0.25) is 0 Å². The fourth-order valence-corrected chi connectivity index (χ4v) is 1.12. The molecule has 0 heterocycles. The normalized spacial score (nSPS) is 22.6. The molecule has 1 rings (SSSR count). The zero-order valence-corrected chi connectivity index (χ0v) is 7.38. The van der Waals surface area contributed by atoms with E-state index in [9.17, 15) is 15.0 Å². The Hall–Kier alpha value is -1.25. The van der Waals surface area contributed by atoms with E-state index in [-0.39, 0.29) is 17.3 Å². The highest BCUT2D eigenvalue weighted by atomic mass is 16.3. The standard InChI is InChI=1S/C9H12O3/c1-5-6(10)4-7(11)9(2,3)8(5)12/h4,10,12H,1-3H3. The van der Waals surface area contributed by atoms with Gasteiger partial charge in [0.05, 0.1) is 5.41 Å². The van der Waals surface area contributed by atoms with E-state index in [1.165, 1.54) is 0 Å². The van der Waals surface area contributed by atoms with Crippen molar-refractivity contribution < 1.29 is 15.0 Å². The van der Waals surface area contributed by atoms with Crippen LogP contribution in [-0.2, 0) is 4.79 Å². The van der Waals surface area contributed by atoms with E-state index in [2.05, 4.69) is 0 Å². The molecule has 0 saturated heterocycles. The number of carbonyl (C=O) groups excluding carboxylic acids is 1. The van der Waals surface area contributed by atoms with Gasteiger partial charge >= 0.3 is 0 Å². The third-order valence-corrected chi connectivity index (χ3v) is 2.22. The molecule has 1 aliphatic carbocycles. The van der Waals surface area contributed by atoms with Crippen LogP contribution in [0.5, 0.6) is 0 Å². The molecule has 0 aliphatic heterocycles. The number of rotatable bonds is 0. The summed E-state index contributed by atoms with van der Waals surface area (Å²) in [5.41, 5.74) is -0.518. The summed E-state index contributed by atoms with van der Waals surface area (Å²) in [6.45, 7) is 4.82. The molecule has 0 amide bonds. The molecular formula is C9H12O3. The van der Waals surface area contributed by atoms with Crippen LogP contribution in [0.1, 0.15) is 20.8 Å². The predicted molar refractivity (Wildman–Crippen MR) is 44.8 cm³/mol. The van der Waals surface area contributed by atoms with Gasteiger partial charge in [-0.15, -0.1) is 0 Å². The second-order valence-corrected chi connectivity index (χ2v) is 3.49. The molecule has 12 heavy (non-hydrogen) atoms. The Labute approximate surface area is 71.0 Å². The first kappa shape index (κ1) is 8.84. The maximum atomic E-state index is 11.3. The molecule has 0 atom stereocenters. The number of aliphatic hydroxyl groups excluding tert-OH is 2. The molecule has 66 valence electrons. The minimum absolute atomic E-state index is 0.0486. The maximum absolute atomic E-state index is 11.3. The highest BCUT2D eigenvalue weighted by Gasteiger charge is 2.36. The fourth-order valence-electron chi connectivity index (χ4n) is 1.12. The SMILES string of the molecule is CC1=C(O)C(C)(C)C(=O)C=C1O. The minimum atomic E-state index is -0.893. The Bertz CT molecular complexity index is 295. The van der Waals surface area contributed by atoms with Gasteiger partial charge in [0, 0.05) is 11.6 Å². The van der Waals surface area contributed by atoms with E-state index in [4.69, 9.17) is 0 Å². The molecule has 2 N–H and O–H groups in total. The van der Waals surface area contributed by atoms with E-state index in [1.54, 1.807) is 20.8 Å². The molecule has 0 bridgehead atoms. The Morgan fingerprint density at radius 2 is 1.83 bits per heavy atom. The van der Waals surface area contributed by atoms with E-state index in [0.29, 0.717) is 5.57 Å². The van der Waals surface area contributed by atoms with Crippen LogP contribution in [0.4, 0.5) is 0 Å². The van der Waals surface area contributed by atoms with Gasteiger partial charge in [0.15, 0.2) is 5.78 Å². The molecule has 0 aromatic rings. The number of carbonyl (C=O) groups is 1. The Morgan fingerprint density at radius 1 is 1.33 bits per heavy atom. The lowest BCUT2D eigenvalue weighted by molar-refractivity contribution is -0.122. The number of hydrogen-bond acceptors (Lipinski definition) is 3. The van der Waals surface area contributed by atoms with Crippen LogP contribution in [-0.4, -0.2) is 16.0 Å². The highest BCUT2D eigenvalue weighted by Crippen LogP contribution is 2.34. The summed E-state index contributed by atoms with van der Waals surface area (Å²) in [6.07, 6.45) is 1.15. The van der Waals surface area contributed by atoms with Crippen LogP contribution in [0.15, 0.2) is 23.2 Å². The van der Waals surface area contributed by atoms with Crippen molar-refractivity contribution in [2.45, 2.75) is 20.8 Å². The molecule has 0 spiro atoms. The summed E-state index contributed by atoms with van der Waals surface area (Å²) >= 11 is 0. The first-order valence-corrected chi connectivity index (χ1v) is 3.73. The Morgan fingerprint density at radius 3 is 2.33 bits per heavy atom. The van der Waals surface area contributed by atoms with Gasteiger partial charge in [-0.1, -0.05) is 0 Å². The van der Waals surface area contributed by atoms with Gasteiger partial charge in [-0.2, -0.15) is 0 Å². The van der Waals surface area contributed by atoms with Crippen molar-refractivity contribution >= 4 is 5.78 Å². The van der Waals surface area contributed by atoms with Gasteiger partial charge in [-0.3, -0.25) is 4.79 Å². The molecule has 0 saturated carbocycles. The molecule has 3 nitrogen and oxygen atoms in total. The fraction of sp³-hybridized carbons (Fsp3) is 0.444. The molecule has 0 aromatic heterocycles. The average molecular weight is 168 g/mol. The van der Waals surface area contributed by atoms with Crippen molar-refractivity contribution in [1.29, 1.82) is 0 Å². The van der Waals surface area contributed by atoms with Crippen molar-refractivity contribution in [2.24, 2.45) is 5.41 Å². The Kier molecular flexibility index (Phi) is 1.75. The lowest BCUT2D eigenvalue weighted by atomic mass is 9.80. The van der Waals surface area contributed by atoms with Crippen LogP contribution < -0.4 is 0 Å². The molecule has 0 radical (unpaired) electrons. The third-order valence-electron chi connectivity index (χ3n) is 2.22. The molecular weight excluding hydrogens is 156 g/mol. The largest absolute Gasteiger partial charge is 0.511 e. The van der Waals surface area contributed by atoms with Gasteiger partial charge in [0.1, 0.15) is 11.5 Å². The van der Waals surface area contributed by atoms with Gasteiger partial charge in [-0.25, -0.2) is 0 Å². The van der Waals surface area contributed by atoms with Crippen molar-refractivity contribution in [3.63, 3.8) is 0 Å².